The summed E-state index contributed by atoms with van der Waals surface area (Å²) in [6.07, 6.45) is 0. The maximum atomic E-state index is 5.27. The van der Waals surface area contributed by atoms with Crippen molar-refractivity contribution >= 4 is 21.8 Å². The number of hydrogen-bond acceptors (Lipinski definition) is 3. The summed E-state index contributed by atoms with van der Waals surface area (Å²) in [7, 11) is 0. The molecule has 4 heteroatoms. The van der Waals surface area contributed by atoms with Gasteiger partial charge in [-0.3, -0.25) is 0 Å². The number of benzene rings is 9. The lowest BCUT2D eigenvalue weighted by Gasteiger charge is -2.41. The van der Waals surface area contributed by atoms with E-state index in [1.807, 2.05) is 12.1 Å². The fourth-order valence-electron chi connectivity index (χ4n) is 9.76. The number of para-hydroxylation sites is 2. The lowest BCUT2D eigenvalue weighted by Crippen LogP contribution is -2.35. The van der Waals surface area contributed by atoms with E-state index in [4.69, 9.17) is 15.0 Å². The minimum atomic E-state index is -0.535. The zero-order valence-electron chi connectivity index (χ0n) is 33.7. The van der Waals surface area contributed by atoms with Crippen molar-refractivity contribution in [2.45, 2.75) is 5.41 Å². The lowest BCUT2D eigenvalue weighted by atomic mass is 9.63. The molecule has 62 heavy (non-hydrogen) atoms. The van der Waals surface area contributed by atoms with Gasteiger partial charge in [0.25, 0.3) is 0 Å². The molecule has 2 aromatic heterocycles. The van der Waals surface area contributed by atoms with Crippen LogP contribution < -0.4 is 0 Å². The number of hydrogen-bond donors (Lipinski definition) is 0. The van der Waals surface area contributed by atoms with Crippen LogP contribution in [0.3, 0.4) is 0 Å². The topological polar surface area (TPSA) is 43.6 Å². The molecular formula is C58H44N4. The predicted molar refractivity (Wildman–Crippen MR) is 260 cm³/mol. The Balaban J connectivity index is 0.00000178. The van der Waals surface area contributed by atoms with E-state index in [9.17, 15) is 0 Å². The Morgan fingerprint density at radius 3 is 1.32 bits per heavy atom. The third-order valence-electron chi connectivity index (χ3n) is 12.5. The van der Waals surface area contributed by atoms with Crippen LogP contribution in [0.15, 0.2) is 231 Å². The lowest BCUT2D eigenvalue weighted by molar-refractivity contribution is 0.728. The van der Waals surface area contributed by atoms with E-state index in [1.54, 1.807) is 0 Å². The van der Waals surface area contributed by atoms with Crippen LogP contribution in [0.1, 0.15) is 26.5 Å². The maximum Gasteiger partial charge on any atom is 0.164 e. The molecule has 0 radical (unpaired) electrons. The van der Waals surface area contributed by atoms with E-state index in [0.717, 1.165) is 49.8 Å². The summed E-state index contributed by atoms with van der Waals surface area (Å²) >= 11 is 0. The Labute approximate surface area is 364 Å². The monoisotopic (exact) mass is 796 g/mol. The first-order valence-corrected chi connectivity index (χ1v) is 21.1. The van der Waals surface area contributed by atoms with Gasteiger partial charge >= 0.3 is 0 Å². The van der Waals surface area contributed by atoms with Gasteiger partial charge in [-0.15, -0.1) is 0 Å². The Morgan fingerprint density at radius 2 is 0.758 bits per heavy atom. The zero-order valence-corrected chi connectivity index (χ0v) is 33.7. The summed E-state index contributed by atoms with van der Waals surface area (Å²) in [6.45, 7) is 0. The highest BCUT2D eigenvalue weighted by Crippen LogP contribution is 2.54. The largest absolute Gasteiger partial charge is 0.309 e. The van der Waals surface area contributed by atoms with Crippen molar-refractivity contribution in [3.63, 3.8) is 0 Å². The molecule has 12 rings (SSSR count). The van der Waals surface area contributed by atoms with E-state index in [-0.39, 0.29) is 4.28 Å². The number of rotatable bonds is 7. The summed E-state index contributed by atoms with van der Waals surface area (Å²) in [5, 5.41) is 2.33. The Kier molecular flexibility index (Phi) is 8.36. The molecule has 0 saturated carbocycles. The summed E-state index contributed by atoms with van der Waals surface area (Å²) in [5.41, 5.74) is 15.2. The number of nitrogens with zero attached hydrogens (tertiary/aromatic N) is 4. The molecule has 3 heterocycles. The van der Waals surface area contributed by atoms with Crippen molar-refractivity contribution in [3.8, 4) is 62.1 Å². The number of fused-ring (bicyclic) bond motifs is 5. The molecule has 9 aromatic carbocycles. The third kappa shape index (κ3) is 5.65. The van der Waals surface area contributed by atoms with Crippen molar-refractivity contribution in [1.82, 2.24) is 19.5 Å². The van der Waals surface area contributed by atoms with Crippen molar-refractivity contribution < 1.29 is 4.28 Å². The molecule has 0 spiro atoms. The molecule has 0 fully saturated rings. The van der Waals surface area contributed by atoms with Gasteiger partial charge in [-0.1, -0.05) is 194 Å². The van der Waals surface area contributed by atoms with Gasteiger partial charge in [-0.25, -0.2) is 15.0 Å². The maximum absolute atomic E-state index is 5.27. The summed E-state index contributed by atoms with van der Waals surface area (Å²) in [5.74, 6) is 1.87. The van der Waals surface area contributed by atoms with Gasteiger partial charge in [-0.2, -0.15) is 0 Å². The van der Waals surface area contributed by atoms with Gasteiger partial charge in [-0.05, 0) is 80.9 Å². The minimum absolute atomic E-state index is 0. The molecule has 296 valence electrons. The van der Waals surface area contributed by atoms with Gasteiger partial charge in [0.05, 0.1) is 22.1 Å². The first-order chi connectivity index (χ1) is 30.7. The van der Waals surface area contributed by atoms with Crippen LogP contribution in [0.2, 0.25) is 0 Å². The van der Waals surface area contributed by atoms with E-state index >= 15 is 0 Å². The Bertz CT molecular complexity index is 3330. The number of aromatic nitrogens is 4. The summed E-state index contributed by atoms with van der Waals surface area (Å²) in [6, 6.07) is 82.3. The van der Waals surface area contributed by atoms with Gasteiger partial charge in [0.1, 0.15) is 0 Å². The Hall–Kier alpha value is -8.21. The van der Waals surface area contributed by atoms with Crippen LogP contribution in [0.4, 0.5) is 0 Å². The molecule has 0 unspecified atom stereocenters. The highest BCUT2D eigenvalue weighted by Gasteiger charge is 2.45. The van der Waals surface area contributed by atoms with E-state index in [1.165, 1.54) is 38.8 Å². The molecule has 4 nitrogen and oxygen atoms in total. The quantitative estimate of drug-likeness (QED) is 0.161. The molecule has 1 aliphatic rings. The fraction of sp³-hybridized carbons (Fsp3) is 0.0172. The molecule has 0 saturated heterocycles. The average Bonchev–Trinajstić information content (AvgIpc) is 3.70. The van der Waals surface area contributed by atoms with Crippen LogP contribution in [-0.4, -0.2) is 19.5 Å². The zero-order chi connectivity index (χ0) is 41.0. The normalized spacial score (nSPS) is 12.6. The second-order valence-electron chi connectivity index (χ2n) is 16.0. The molecule has 0 N–H and O–H groups in total. The van der Waals surface area contributed by atoms with Crippen LogP contribution in [0, 0.1) is 0 Å². The SMILES string of the molecule is [HH].[HH].[HH].c1ccc(-c2cccc(-c3nc(-c4cccc(-c5ccccc5)c4)nc(-c4ccc5c(c4)c4cccc6c4n5-c4ccccc4C6(c4ccccc4)c4ccccc4)n3)c2)cc1. The molecule has 11 aromatic rings. The highest BCUT2D eigenvalue weighted by atomic mass is 15.0. The standard InChI is InChI=1S/C58H38N4.3H2/c1-5-18-39(19-6-1)41-22-15-24-43(36-41)55-59-56(44-25-16-23-42(37-44)40-20-7-2-8-21-40)61-57(60-55)45-34-35-52-49(38-45)48-30-17-32-51-54(48)62(52)53-33-14-13-31-50(53)58(51,46-26-9-3-10-27-46)47-28-11-4-12-29-47;;;/h1-38H;3*1H. The van der Waals surface area contributed by atoms with Crippen molar-refractivity contribution in [2.75, 3.05) is 0 Å². The second-order valence-corrected chi connectivity index (χ2v) is 16.0. The minimum Gasteiger partial charge on any atom is -0.309 e. The molecular weight excluding hydrogens is 753 g/mol. The van der Waals surface area contributed by atoms with Gasteiger partial charge in [0.15, 0.2) is 17.5 Å². The van der Waals surface area contributed by atoms with Crippen molar-refractivity contribution in [2.24, 2.45) is 0 Å². The molecule has 0 aliphatic carbocycles. The summed E-state index contributed by atoms with van der Waals surface area (Å²) in [4.78, 5) is 15.7. The van der Waals surface area contributed by atoms with Crippen molar-refractivity contribution in [1.29, 1.82) is 0 Å². The third-order valence-corrected chi connectivity index (χ3v) is 12.5. The van der Waals surface area contributed by atoms with E-state index in [2.05, 4.69) is 223 Å². The van der Waals surface area contributed by atoms with Crippen molar-refractivity contribution in [3.05, 3.63) is 253 Å². The highest BCUT2D eigenvalue weighted by molar-refractivity contribution is 6.13. The molecule has 1 aliphatic heterocycles. The van der Waals surface area contributed by atoms with Gasteiger partial charge in [0, 0.05) is 31.7 Å². The van der Waals surface area contributed by atoms with E-state index in [0.29, 0.717) is 17.5 Å². The van der Waals surface area contributed by atoms with E-state index < -0.39 is 5.41 Å². The molecule has 0 amide bonds. The van der Waals surface area contributed by atoms with Gasteiger partial charge < -0.3 is 4.57 Å². The first kappa shape index (κ1) is 35.7. The van der Waals surface area contributed by atoms with Crippen LogP contribution in [-0.2, 0) is 5.41 Å². The first-order valence-electron chi connectivity index (χ1n) is 21.1. The Morgan fingerprint density at radius 1 is 0.323 bits per heavy atom. The molecule has 0 bridgehead atoms. The van der Waals surface area contributed by atoms with Crippen LogP contribution in [0.25, 0.3) is 83.9 Å². The fourth-order valence-corrected chi connectivity index (χ4v) is 9.76. The second kappa shape index (κ2) is 14.5. The molecule has 0 atom stereocenters. The average molecular weight is 797 g/mol. The van der Waals surface area contributed by atoms with Gasteiger partial charge in [0.2, 0.25) is 0 Å². The van der Waals surface area contributed by atoms with Crippen LogP contribution >= 0.6 is 0 Å². The van der Waals surface area contributed by atoms with Crippen LogP contribution in [0.5, 0.6) is 0 Å². The smallest absolute Gasteiger partial charge is 0.164 e. The summed E-state index contributed by atoms with van der Waals surface area (Å²) < 4.78 is 2.47. The predicted octanol–water partition coefficient (Wildman–Crippen LogP) is 14.7.